The van der Waals surface area contributed by atoms with Gasteiger partial charge in [-0.1, -0.05) is 17.7 Å². The standard InChI is InChI=1S/C19H15ClN4O6S/c20-12-2-1-3-13(9-12)23-31(29,30)14-5-7-18(25)16(10-14)22-19(26)11-4-6-15(21)17(8-11)24(27)28/h1-10,23,25H,21H2,(H,22,26). The number of sulfonamides is 1. The van der Waals surface area contributed by atoms with E-state index < -0.39 is 32.3 Å². The Morgan fingerprint density at radius 2 is 1.84 bits per heavy atom. The van der Waals surface area contributed by atoms with Crippen LogP contribution in [-0.4, -0.2) is 24.4 Å². The molecular weight excluding hydrogens is 448 g/mol. The molecule has 0 unspecified atom stereocenters. The third kappa shape index (κ3) is 5.02. The minimum Gasteiger partial charge on any atom is -0.506 e. The number of rotatable bonds is 6. The molecule has 0 fully saturated rings. The summed E-state index contributed by atoms with van der Waals surface area (Å²) in [6.45, 7) is 0. The van der Waals surface area contributed by atoms with Gasteiger partial charge in [-0.3, -0.25) is 19.6 Å². The lowest BCUT2D eigenvalue weighted by Crippen LogP contribution is -2.15. The van der Waals surface area contributed by atoms with Crippen molar-refractivity contribution in [3.8, 4) is 5.75 Å². The second kappa shape index (κ2) is 8.50. The van der Waals surface area contributed by atoms with Crippen LogP contribution in [0.2, 0.25) is 5.02 Å². The van der Waals surface area contributed by atoms with Gasteiger partial charge in [-0.25, -0.2) is 8.42 Å². The summed E-state index contributed by atoms with van der Waals surface area (Å²) in [4.78, 5) is 22.5. The zero-order valence-corrected chi connectivity index (χ0v) is 17.1. The summed E-state index contributed by atoms with van der Waals surface area (Å²) in [5.41, 5.74) is 4.84. The number of nitrogens with one attached hydrogen (secondary N) is 2. The van der Waals surface area contributed by atoms with Crippen LogP contribution < -0.4 is 15.8 Å². The predicted molar refractivity (Wildman–Crippen MR) is 116 cm³/mol. The number of amides is 1. The number of phenolic OH excluding ortho intramolecular Hbond substituents is 1. The van der Waals surface area contributed by atoms with Crippen LogP contribution in [0, 0.1) is 10.1 Å². The number of benzene rings is 3. The average Bonchev–Trinajstić information content (AvgIpc) is 2.69. The van der Waals surface area contributed by atoms with E-state index in [4.69, 9.17) is 17.3 Å². The first-order valence-electron chi connectivity index (χ1n) is 8.53. The Labute approximate surface area is 181 Å². The normalized spacial score (nSPS) is 11.0. The Morgan fingerprint density at radius 3 is 2.52 bits per heavy atom. The lowest BCUT2D eigenvalue weighted by molar-refractivity contribution is -0.383. The molecule has 1 amide bonds. The molecule has 0 atom stereocenters. The van der Waals surface area contributed by atoms with E-state index in [0.29, 0.717) is 5.02 Å². The molecule has 0 aromatic heterocycles. The Kier molecular flexibility index (Phi) is 5.99. The number of nitro groups is 1. The van der Waals surface area contributed by atoms with Crippen molar-refractivity contribution >= 4 is 50.3 Å². The number of nitrogens with two attached hydrogens (primary N) is 1. The van der Waals surface area contributed by atoms with E-state index in [2.05, 4.69) is 10.0 Å². The molecule has 0 spiro atoms. The van der Waals surface area contributed by atoms with Gasteiger partial charge >= 0.3 is 0 Å². The fraction of sp³-hybridized carbons (Fsp3) is 0. The highest BCUT2D eigenvalue weighted by Crippen LogP contribution is 2.29. The number of anilines is 3. The van der Waals surface area contributed by atoms with Crippen molar-refractivity contribution in [2.45, 2.75) is 4.90 Å². The molecule has 0 saturated heterocycles. The maximum absolute atomic E-state index is 12.7. The topological polar surface area (TPSA) is 165 Å². The van der Waals surface area contributed by atoms with Crippen molar-refractivity contribution in [2.75, 3.05) is 15.8 Å². The van der Waals surface area contributed by atoms with Gasteiger partial charge in [0.15, 0.2) is 0 Å². The number of nitro benzene ring substituents is 1. The predicted octanol–water partition coefficient (Wildman–Crippen LogP) is 3.59. The highest BCUT2D eigenvalue weighted by atomic mass is 35.5. The number of hydrogen-bond donors (Lipinski definition) is 4. The van der Waals surface area contributed by atoms with Gasteiger partial charge in [-0.05, 0) is 48.5 Å². The zero-order valence-electron chi connectivity index (χ0n) is 15.6. The molecule has 3 aromatic rings. The number of nitrogen functional groups attached to an aromatic ring is 1. The molecule has 31 heavy (non-hydrogen) atoms. The molecule has 5 N–H and O–H groups in total. The van der Waals surface area contributed by atoms with E-state index in [0.717, 1.165) is 24.3 Å². The maximum atomic E-state index is 12.7. The largest absolute Gasteiger partial charge is 0.506 e. The van der Waals surface area contributed by atoms with Crippen LogP contribution in [0.15, 0.2) is 65.6 Å². The van der Waals surface area contributed by atoms with Gasteiger partial charge < -0.3 is 16.2 Å². The van der Waals surface area contributed by atoms with E-state index >= 15 is 0 Å². The summed E-state index contributed by atoms with van der Waals surface area (Å²) in [7, 11) is -4.07. The molecular formula is C19H15ClN4O6S. The minimum absolute atomic E-state index is 0.106. The summed E-state index contributed by atoms with van der Waals surface area (Å²) in [5, 5.41) is 23.7. The lowest BCUT2D eigenvalue weighted by atomic mass is 10.1. The quantitative estimate of drug-likeness (QED) is 0.188. The SMILES string of the molecule is Nc1ccc(C(=O)Nc2cc(S(=O)(=O)Nc3cccc(Cl)c3)ccc2O)cc1[N+](=O)[O-]. The second-order valence-corrected chi connectivity index (χ2v) is 8.40. The monoisotopic (exact) mass is 462 g/mol. The number of aromatic hydroxyl groups is 1. The van der Waals surface area contributed by atoms with Crippen LogP contribution in [0.1, 0.15) is 10.4 Å². The van der Waals surface area contributed by atoms with Gasteiger partial charge in [-0.2, -0.15) is 0 Å². The fourth-order valence-electron chi connectivity index (χ4n) is 2.59. The number of halogens is 1. The molecule has 0 heterocycles. The summed E-state index contributed by atoms with van der Waals surface area (Å²) >= 11 is 5.86. The number of carbonyl (C=O) groups excluding carboxylic acids is 1. The number of nitrogens with zero attached hydrogens (tertiary/aromatic N) is 1. The summed E-state index contributed by atoms with van der Waals surface area (Å²) in [6.07, 6.45) is 0. The molecule has 3 aromatic carbocycles. The van der Waals surface area contributed by atoms with Gasteiger partial charge in [0.05, 0.1) is 21.2 Å². The van der Waals surface area contributed by atoms with Crippen molar-refractivity contribution in [3.63, 3.8) is 0 Å². The molecule has 0 aliphatic rings. The third-order valence-corrected chi connectivity index (χ3v) is 5.71. The molecule has 0 bridgehead atoms. The Morgan fingerprint density at radius 1 is 1.10 bits per heavy atom. The lowest BCUT2D eigenvalue weighted by Gasteiger charge is -2.12. The summed E-state index contributed by atoms with van der Waals surface area (Å²) in [6, 6.07) is 12.8. The van der Waals surface area contributed by atoms with Crippen molar-refractivity contribution in [3.05, 3.63) is 81.4 Å². The van der Waals surface area contributed by atoms with E-state index in [1.807, 2.05) is 0 Å². The third-order valence-electron chi connectivity index (χ3n) is 4.09. The first-order valence-corrected chi connectivity index (χ1v) is 10.4. The van der Waals surface area contributed by atoms with Crippen LogP contribution in [0.25, 0.3) is 0 Å². The van der Waals surface area contributed by atoms with Gasteiger partial charge in [0.25, 0.3) is 21.6 Å². The maximum Gasteiger partial charge on any atom is 0.292 e. The summed E-state index contributed by atoms with van der Waals surface area (Å²) in [5.74, 6) is -1.21. The Bertz CT molecular complexity index is 1300. The Balaban J connectivity index is 1.88. The van der Waals surface area contributed by atoms with E-state index in [1.165, 1.54) is 24.3 Å². The van der Waals surface area contributed by atoms with Crippen molar-refractivity contribution in [1.29, 1.82) is 0 Å². The number of carbonyl (C=O) groups is 1. The molecule has 10 nitrogen and oxygen atoms in total. The molecule has 3 rings (SSSR count). The van der Waals surface area contributed by atoms with Crippen LogP contribution in [0.5, 0.6) is 5.75 Å². The average molecular weight is 463 g/mol. The first kappa shape index (κ1) is 21.9. The smallest absolute Gasteiger partial charge is 0.292 e. The van der Waals surface area contributed by atoms with E-state index in [-0.39, 0.29) is 27.5 Å². The molecule has 0 radical (unpaired) electrons. The van der Waals surface area contributed by atoms with Gasteiger partial charge in [0, 0.05) is 16.7 Å². The molecule has 0 aliphatic heterocycles. The van der Waals surface area contributed by atoms with Crippen molar-refractivity contribution in [1.82, 2.24) is 0 Å². The zero-order chi connectivity index (χ0) is 22.8. The fourth-order valence-corrected chi connectivity index (χ4v) is 3.85. The van der Waals surface area contributed by atoms with Crippen LogP contribution in [0.4, 0.5) is 22.7 Å². The molecule has 0 aliphatic carbocycles. The molecule has 12 heteroatoms. The van der Waals surface area contributed by atoms with Gasteiger partial charge in [0.2, 0.25) is 0 Å². The molecule has 160 valence electrons. The van der Waals surface area contributed by atoms with Gasteiger partial charge in [0.1, 0.15) is 11.4 Å². The van der Waals surface area contributed by atoms with Crippen molar-refractivity contribution in [2.24, 2.45) is 0 Å². The number of phenols is 1. The summed E-state index contributed by atoms with van der Waals surface area (Å²) < 4.78 is 27.6. The Hall–Kier alpha value is -3.83. The molecule has 0 saturated carbocycles. The number of hydrogen-bond acceptors (Lipinski definition) is 7. The first-order chi connectivity index (χ1) is 14.6. The van der Waals surface area contributed by atoms with Crippen LogP contribution in [-0.2, 0) is 10.0 Å². The van der Waals surface area contributed by atoms with Crippen molar-refractivity contribution < 1.29 is 23.2 Å². The van der Waals surface area contributed by atoms with Crippen LogP contribution >= 0.6 is 11.6 Å². The van der Waals surface area contributed by atoms with E-state index in [1.54, 1.807) is 12.1 Å². The second-order valence-electron chi connectivity index (χ2n) is 6.28. The van der Waals surface area contributed by atoms with Crippen LogP contribution in [0.3, 0.4) is 0 Å². The minimum atomic E-state index is -4.07. The van der Waals surface area contributed by atoms with E-state index in [9.17, 15) is 28.4 Å². The highest BCUT2D eigenvalue weighted by Gasteiger charge is 2.20. The van der Waals surface area contributed by atoms with Gasteiger partial charge in [-0.15, -0.1) is 0 Å². The highest BCUT2D eigenvalue weighted by molar-refractivity contribution is 7.92.